The van der Waals surface area contributed by atoms with Crippen molar-refractivity contribution < 1.29 is 5.11 Å². The van der Waals surface area contributed by atoms with Crippen molar-refractivity contribution in [1.29, 1.82) is 0 Å². The van der Waals surface area contributed by atoms with Crippen LogP contribution in [0.2, 0.25) is 5.02 Å². The van der Waals surface area contributed by atoms with Crippen molar-refractivity contribution in [2.75, 3.05) is 0 Å². The SMILES string of the molecule is CC#CCCC(O)c1cccc(Br)c1Cl. The van der Waals surface area contributed by atoms with Gasteiger partial charge in [-0.25, -0.2) is 0 Å². The maximum Gasteiger partial charge on any atom is 0.0813 e. The molecule has 1 aromatic carbocycles. The van der Waals surface area contributed by atoms with Gasteiger partial charge in [-0.2, -0.15) is 0 Å². The molecule has 1 nitrogen and oxygen atoms in total. The number of rotatable bonds is 3. The van der Waals surface area contributed by atoms with E-state index < -0.39 is 6.10 Å². The van der Waals surface area contributed by atoms with Crippen molar-refractivity contribution >= 4 is 27.5 Å². The molecule has 0 aliphatic heterocycles. The lowest BCUT2D eigenvalue weighted by Crippen LogP contribution is -1.98. The molecule has 1 unspecified atom stereocenters. The van der Waals surface area contributed by atoms with Gasteiger partial charge >= 0.3 is 0 Å². The van der Waals surface area contributed by atoms with Gasteiger partial charge in [0.05, 0.1) is 11.1 Å². The van der Waals surface area contributed by atoms with Crippen molar-refractivity contribution in [2.24, 2.45) is 0 Å². The lowest BCUT2D eigenvalue weighted by Gasteiger charge is -2.11. The normalized spacial score (nSPS) is 11.7. The molecule has 0 saturated carbocycles. The number of aliphatic hydroxyl groups is 1. The third-order valence-corrected chi connectivity index (χ3v) is 3.37. The van der Waals surface area contributed by atoms with Gasteiger partial charge < -0.3 is 5.11 Å². The molecule has 0 bridgehead atoms. The predicted molar refractivity (Wildman–Crippen MR) is 66.8 cm³/mol. The Morgan fingerprint density at radius 2 is 2.27 bits per heavy atom. The summed E-state index contributed by atoms with van der Waals surface area (Å²) in [6.45, 7) is 1.79. The highest BCUT2D eigenvalue weighted by molar-refractivity contribution is 9.10. The summed E-state index contributed by atoms with van der Waals surface area (Å²) in [7, 11) is 0. The van der Waals surface area contributed by atoms with Crippen LogP contribution in [-0.4, -0.2) is 5.11 Å². The van der Waals surface area contributed by atoms with Crippen LogP contribution in [0.4, 0.5) is 0 Å². The number of hydrogen-bond donors (Lipinski definition) is 1. The molecular formula is C12H12BrClO. The van der Waals surface area contributed by atoms with Gasteiger partial charge in [-0.3, -0.25) is 0 Å². The Balaban J connectivity index is 2.76. The molecule has 0 spiro atoms. The molecule has 1 aromatic rings. The highest BCUT2D eigenvalue weighted by Crippen LogP contribution is 2.31. The molecule has 3 heteroatoms. The van der Waals surface area contributed by atoms with Gasteiger partial charge in [-0.1, -0.05) is 23.7 Å². The zero-order chi connectivity index (χ0) is 11.3. The van der Waals surface area contributed by atoms with E-state index in [1.165, 1.54) is 0 Å². The number of hydrogen-bond acceptors (Lipinski definition) is 1. The van der Waals surface area contributed by atoms with Crippen LogP contribution in [0.1, 0.15) is 31.4 Å². The molecule has 80 valence electrons. The van der Waals surface area contributed by atoms with Crippen molar-refractivity contribution in [3.8, 4) is 11.8 Å². The second-order valence-electron chi connectivity index (χ2n) is 3.12. The van der Waals surface area contributed by atoms with E-state index in [-0.39, 0.29) is 0 Å². The minimum absolute atomic E-state index is 0.546. The summed E-state index contributed by atoms with van der Waals surface area (Å²) in [6, 6.07) is 5.54. The van der Waals surface area contributed by atoms with Gasteiger partial charge in [0.2, 0.25) is 0 Å². The Kier molecular flexibility index (Phi) is 5.17. The minimum atomic E-state index is -0.546. The molecule has 0 aromatic heterocycles. The first-order valence-electron chi connectivity index (χ1n) is 4.68. The van der Waals surface area contributed by atoms with Crippen LogP contribution >= 0.6 is 27.5 Å². The van der Waals surface area contributed by atoms with E-state index in [9.17, 15) is 5.11 Å². The Morgan fingerprint density at radius 1 is 1.53 bits per heavy atom. The molecule has 0 saturated heterocycles. The van der Waals surface area contributed by atoms with E-state index in [1.807, 2.05) is 18.2 Å². The smallest absolute Gasteiger partial charge is 0.0813 e. The Hall–Kier alpha value is -0.490. The standard InChI is InChI=1S/C12H12BrClO/c1-2-3-4-8-11(15)9-6-5-7-10(13)12(9)14/h5-7,11,15H,4,8H2,1H3. The Morgan fingerprint density at radius 3 is 2.93 bits per heavy atom. The number of benzene rings is 1. The summed E-state index contributed by atoms with van der Waals surface area (Å²) < 4.78 is 0.808. The Bertz CT molecular complexity index is 392. The molecule has 1 rings (SSSR count). The summed E-state index contributed by atoms with van der Waals surface area (Å²) in [5.74, 6) is 5.72. The lowest BCUT2D eigenvalue weighted by molar-refractivity contribution is 0.169. The highest BCUT2D eigenvalue weighted by Gasteiger charge is 2.12. The summed E-state index contributed by atoms with van der Waals surface area (Å²) in [6.07, 6.45) is 0.744. The van der Waals surface area contributed by atoms with E-state index >= 15 is 0 Å². The monoisotopic (exact) mass is 286 g/mol. The quantitative estimate of drug-likeness (QED) is 0.835. The van der Waals surface area contributed by atoms with Crippen molar-refractivity contribution in [2.45, 2.75) is 25.9 Å². The lowest BCUT2D eigenvalue weighted by atomic mass is 10.1. The van der Waals surface area contributed by atoms with Crippen LogP contribution in [0, 0.1) is 11.8 Å². The van der Waals surface area contributed by atoms with E-state index in [1.54, 1.807) is 6.92 Å². The van der Waals surface area contributed by atoms with Gasteiger partial charge in [0, 0.05) is 16.5 Å². The third-order valence-electron chi connectivity index (χ3n) is 2.06. The van der Waals surface area contributed by atoms with E-state index in [4.69, 9.17) is 11.6 Å². The fraction of sp³-hybridized carbons (Fsp3) is 0.333. The zero-order valence-electron chi connectivity index (χ0n) is 8.43. The van der Waals surface area contributed by atoms with Crippen LogP contribution < -0.4 is 0 Å². The van der Waals surface area contributed by atoms with E-state index in [0.717, 1.165) is 10.0 Å². The van der Waals surface area contributed by atoms with Crippen molar-refractivity contribution in [3.63, 3.8) is 0 Å². The predicted octanol–water partition coefficient (Wildman–Crippen LogP) is 3.94. The summed E-state index contributed by atoms with van der Waals surface area (Å²) in [5.41, 5.74) is 0.754. The zero-order valence-corrected chi connectivity index (χ0v) is 10.8. The second kappa shape index (κ2) is 6.17. The van der Waals surface area contributed by atoms with Crippen LogP contribution in [-0.2, 0) is 0 Å². The molecule has 15 heavy (non-hydrogen) atoms. The second-order valence-corrected chi connectivity index (χ2v) is 4.36. The van der Waals surface area contributed by atoms with Gasteiger partial charge in [0.1, 0.15) is 0 Å². The van der Waals surface area contributed by atoms with Gasteiger partial charge in [-0.05, 0) is 35.3 Å². The number of aliphatic hydroxyl groups excluding tert-OH is 1. The molecule has 0 heterocycles. The van der Waals surface area contributed by atoms with Crippen LogP contribution in [0.5, 0.6) is 0 Å². The maximum atomic E-state index is 9.88. The molecule has 1 N–H and O–H groups in total. The summed E-state index contributed by atoms with van der Waals surface area (Å²) in [4.78, 5) is 0. The summed E-state index contributed by atoms with van der Waals surface area (Å²) in [5, 5.41) is 10.5. The first-order valence-corrected chi connectivity index (χ1v) is 5.85. The van der Waals surface area contributed by atoms with Crippen molar-refractivity contribution in [1.82, 2.24) is 0 Å². The fourth-order valence-corrected chi connectivity index (χ4v) is 1.90. The van der Waals surface area contributed by atoms with Crippen molar-refractivity contribution in [3.05, 3.63) is 33.3 Å². The average molecular weight is 288 g/mol. The maximum absolute atomic E-state index is 9.88. The molecular weight excluding hydrogens is 275 g/mol. The van der Waals surface area contributed by atoms with Gasteiger partial charge in [-0.15, -0.1) is 11.8 Å². The van der Waals surface area contributed by atoms with E-state index in [2.05, 4.69) is 27.8 Å². The Labute approximate surface area is 104 Å². The van der Waals surface area contributed by atoms with Crippen LogP contribution in [0.25, 0.3) is 0 Å². The van der Waals surface area contributed by atoms with Crippen LogP contribution in [0.15, 0.2) is 22.7 Å². The van der Waals surface area contributed by atoms with Gasteiger partial charge in [0.15, 0.2) is 0 Å². The largest absolute Gasteiger partial charge is 0.388 e. The fourth-order valence-electron chi connectivity index (χ4n) is 1.27. The van der Waals surface area contributed by atoms with Crippen LogP contribution in [0.3, 0.4) is 0 Å². The summed E-state index contributed by atoms with van der Waals surface area (Å²) >= 11 is 9.38. The third kappa shape index (κ3) is 3.53. The first-order chi connectivity index (χ1) is 7.16. The number of halogens is 2. The topological polar surface area (TPSA) is 20.2 Å². The molecule has 0 aliphatic rings. The molecule has 0 fully saturated rings. The molecule has 0 radical (unpaired) electrons. The molecule has 1 atom stereocenters. The first kappa shape index (κ1) is 12.6. The van der Waals surface area contributed by atoms with Gasteiger partial charge in [0.25, 0.3) is 0 Å². The average Bonchev–Trinajstić information content (AvgIpc) is 2.22. The molecule has 0 aliphatic carbocycles. The molecule has 0 amide bonds. The minimum Gasteiger partial charge on any atom is -0.388 e. The van der Waals surface area contributed by atoms with E-state index in [0.29, 0.717) is 17.9 Å². The highest BCUT2D eigenvalue weighted by atomic mass is 79.9.